The highest BCUT2D eigenvalue weighted by atomic mass is 16.5. The number of para-hydroxylation sites is 1. The van der Waals surface area contributed by atoms with E-state index in [1.807, 2.05) is 6.07 Å². The number of fused-ring (bicyclic) bond motifs is 1. The minimum absolute atomic E-state index is 0.0291. The van der Waals surface area contributed by atoms with E-state index in [1.54, 1.807) is 88.1 Å². The van der Waals surface area contributed by atoms with Gasteiger partial charge < -0.3 is 24.5 Å². The Morgan fingerprint density at radius 3 is 2.38 bits per heavy atom. The van der Waals surface area contributed by atoms with Crippen molar-refractivity contribution in [1.29, 1.82) is 0 Å². The number of nitrogens with one attached hydrogen (secondary N) is 2. The zero-order valence-corrected chi connectivity index (χ0v) is 21.5. The van der Waals surface area contributed by atoms with Crippen LogP contribution in [0.1, 0.15) is 10.4 Å². The first-order valence-corrected chi connectivity index (χ1v) is 12.0. The Bertz CT molecular complexity index is 1690. The van der Waals surface area contributed by atoms with E-state index >= 15 is 0 Å². The maximum absolute atomic E-state index is 13.7. The van der Waals surface area contributed by atoms with E-state index in [4.69, 9.17) is 14.2 Å². The van der Waals surface area contributed by atoms with Gasteiger partial charge in [0.25, 0.3) is 11.5 Å². The molecule has 10 heteroatoms. The standard InChI is InChI=1S/C29H25N5O5/c1-30-21-11-13-32-28(35)27(21)29(36)34(18-7-5-4-6-8-18)26-10-9-19(17-33-26)39-23-12-14-31-22-16-25(38-3)24(37-2)15-20(22)23/h4-17H,1-3H3,(H2,30,32,35). The molecule has 0 saturated carbocycles. The van der Waals surface area contributed by atoms with Crippen LogP contribution >= 0.6 is 0 Å². The zero-order valence-electron chi connectivity index (χ0n) is 21.5. The van der Waals surface area contributed by atoms with E-state index in [-0.39, 0.29) is 5.56 Å². The number of pyridine rings is 3. The van der Waals surface area contributed by atoms with Gasteiger partial charge >= 0.3 is 0 Å². The van der Waals surface area contributed by atoms with Crippen molar-refractivity contribution in [2.24, 2.45) is 0 Å². The van der Waals surface area contributed by atoms with Gasteiger partial charge in [-0.3, -0.25) is 19.5 Å². The van der Waals surface area contributed by atoms with Crippen molar-refractivity contribution in [3.05, 3.63) is 101 Å². The van der Waals surface area contributed by atoms with E-state index < -0.39 is 11.5 Å². The number of aromatic amines is 1. The lowest BCUT2D eigenvalue weighted by Gasteiger charge is -2.23. The van der Waals surface area contributed by atoms with Gasteiger partial charge in [-0.2, -0.15) is 0 Å². The lowest BCUT2D eigenvalue weighted by atomic mass is 10.1. The molecule has 0 atom stereocenters. The number of aromatic nitrogens is 3. The molecule has 1 amide bonds. The van der Waals surface area contributed by atoms with Crippen LogP contribution in [0.5, 0.6) is 23.0 Å². The number of methoxy groups -OCH3 is 2. The van der Waals surface area contributed by atoms with Crippen LogP contribution in [0.15, 0.2) is 90.1 Å². The molecular weight excluding hydrogens is 498 g/mol. The third kappa shape index (κ3) is 4.95. The summed E-state index contributed by atoms with van der Waals surface area (Å²) in [5.41, 5.74) is 1.09. The van der Waals surface area contributed by atoms with Crippen LogP contribution in [0, 0.1) is 0 Å². The van der Waals surface area contributed by atoms with Crippen molar-refractivity contribution in [2.75, 3.05) is 31.5 Å². The molecule has 0 saturated heterocycles. The van der Waals surface area contributed by atoms with Crippen LogP contribution in [0.3, 0.4) is 0 Å². The van der Waals surface area contributed by atoms with Crippen molar-refractivity contribution in [1.82, 2.24) is 15.0 Å². The predicted molar refractivity (Wildman–Crippen MR) is 149 cm³/mol. The van der Waals surface area contributed by atoms with Crippen molar-refractivity contribution >= 4 is 34.0 Å². The fraction of sp³-hybridized carbons (Fsp3) is 0.103. The minimum atomic E-state index is -0.533. The third-order valence-electron chi connectivity index (χ3n) is 6.05. The molecule has 39 heavy (non-hydrogen) atoms. The SMILES string of the molecule is CNc1cc[nH]c(=O)c1C(=O)N(c1ccccc1)c1ccc(Oc2ccnc3cc(OC)c(OC)cc23)cn1. The van der Waals surface area contributed by atoms with Crippen LogP contribution in [-0.2, 0) is 0 Å². The summed E-state index contributed by atoms with van der Waals surface area (Å²) in [6.45, 7) is 0. The largest absolute Gasteiger partial charge is 0.493 e. The second-order valence-electron chi connectivity index (χ2n) is 8.31. The highest BCUT2D eigenvalue weighted by Gasteiger charge is 2.26. The molecular formula is C29H25N5O5. The number of carbonyl (C=O) groups excluding carboxylic acids is 1. The quantitative estimate of drug-likeness (QED) is 0.287. The number of hydrogen-bond donors (Lipinski definition) is 2. The summed E-state index contributed by atoms with van der Waals surface area (Å²) in [6, 6.07) is 19.3. The van der Waals surface area contributed by atoms with Gasteiger partial charge in [0.2, 0.25) is 0 Å². The number of H-pyrrole nitrogens is 1. The zero-order chi connectivity index (χ0) is 27.4. The van der Waals surface area contributed by atoms with Crippen molar-refractivity contribution in [3.63, 3.8) is 0 Å². The molecule has 3 aromatic heterocycles. The summed E-state index contributed by atoms with van der Waals surface area (Å²) in [5, 5.41) is 3.64. The number of anilines is 3. The highest BCUT2D eigenvalue weighted by Crippen LogP contribution is 2.37. The first kappa shape index (κ1) is 25.3. The molecule has 3 heterocycles. The van der Waals surface area contributed by atoms with Crippen LogP contribution in [0.2, 0.25) is 0 Å². The van der Waals surface area contributed by atoms with Gasteiger partial charge in [-0.1, -0.05) is 18.2 Å². The summed E-state index contributed by atoms with van der Waals surface area (Å²) >= 11 is 0. The fourth-order valence-corrected chi connectivity index (χ4v) is 4.17. The van der Waals surface area contributed by atoms with Gasteiger partial charge in [0.15, 0.2) is 11.5 Å². The second-order valence-corrected chi connectivity index (χ2v) is 8.31. The maximum atomic E-state index is 13.7. The molecule has 0 unspecified atom stereocenters. The molecule has 0 aliphatic carbocycles. The van der Waals surface area contributed by atoms with Gasteiger partial charge in [-0.25, -0.2) is 4.98 Å². The molecule has 10 nitrogen and oxygen atoms in total. The Morgan fingerprint density at radius 2 is 1.69 bits per heavy atom. The first-order valence-electron chi connectivity index (χ1n) is 12.0. The number of ether oxygens (including phenoxy) is 3. The summed E-state index contributed by atoms with van der Waals surface area (Å²) in [5.74, 6) is 1.87. The molecule has 0 fully saturated rings. The van der Waals surface area contributed by atoms with Gasteiger partial charge in [0.1, 0.15) is 22.9 Å². The topological polar surface area (TPSA) is 119 Å². The molecule has 0 bridgehead atoms. The van der Waals surface area contributed by atoms with Crippen molar-refractivity contribution in [3.8, 4) is 23.0 Å². The highest BCUT2D eigenvalue weighted by molar-refractivity contribution is 6.13. The number of amides is 1. The molecule has 5 rings (SSSR count). The normalized spacial score (nSPS) is 10.6. The third-order valence-corrected chi connectivity index (χ3v) is 6.05. The van der Waals surface area contributed by atoms with Crippen molar-refractivity contribution < 1.29 is 19.0 Å². The minimum Gasteiger partial charge on any atom is -0.493 e. The molecule has 196 valence electrons. The van der Waals surface area contributed by atoms with Crippen molar-refractivity contribution in [2.45, 2.75) is 0 Å². The molecule has 2 N–H and O–H groups in total. The van der Waals surface area contributed by atoms with Crippen LogP contribution in [0.4, 0.5) is 17.2 Å². The van der Waals surface area contributed by atoms with Crippen LogP contribution in [0.25, 0.3) is 10.9 Å². The maximum Gasteiger partial charge on any atom is 0.271 e. The first-order chi connectivity index (χ1) is 19.0. The Balaban J connectivity index is 1.51. The number of benzene rings is 2. The molecule has 0 spiro atoms. The van der Waals surface area contributed by atoms with E-state index in [0.29, 0.717) is 45.7 Å². The number of rotatable bonds is 8. The van der Waals surface area contributed by atoms with E-state index in [9.17, 15) is 9.59 Å². The van der Waals surface area contributed by atoms with E-state index in [1.165, 1.54) is 17.3 Å². The smallest absolute Gasteiger partial charge is 0.271 e. The Kier molecular flexibility index (Phi) is 7.09. The Hall–Kier alpha value is -5.38. The molecule has 0 aliphatic heterocycles. The monoisotopic (exact) mass is 523 g/mol. The predicted octanol–water partition coefficient (Wildman–Crippen LogP) is 5.15. The Labute approximate surface area is 223 Å². The summed E-state index contributed by atoms with van der Waals surface area (Å²) in [6.07, 6.45) is 4.63. The average molecular weight is 524 g/mol. The number of nitrogens with zero attached hydrogens (tertiary/aromatic N) is 3. The molecule has 0 aliphatic rings. The lowest BCUT2D eigenvalue weighted by molar-refractivity contribution is 0.0998. The summed E-state index contributed by atoms with van der Waals surface area (Å²) in [7, 11) is 4.78. The fourth-order valence-electron chi connectivity index (χ4n) is 4.17. The summed E-state index contributed by atoms with van der Waals surface area (Å²) in [4.78, 5) is 39.3. The van der Waals surface area contributed by atoms with Gasteiger partial charge in [0, 0.05) is 30.9 Å². The molecule has 5 aromatic rings. The van der Waals surface area contributed by atoms with Gasteiger partial charge in [-0.15, -0.1) is 0 Å². The van der Waals surface area contributed by atoms with Gasteiger partial charge in [-0.05, 0) is 42.5 Å². The summed E-state index contributed by atoms with van der Waals surface area (Å²) < 4.78 is 16.9. The second kappa shape index (κ2) is 10.9. The van der Waals surface area contributed by atoms with E-state index in [0.717, 1.165) is 5.39 Å². The Morgan fingerprint density at radius 1 is 0.923 bits per heavy atom. The van der Waals surface area contributed by atoms with Crippen LogP contribution < -0.4 is 30.0 Å². The molecule has 2 aromatic carbocycles. The average Bonchev–Trinajstić information content (AvgIpc) is 2.97. The van der Waals surface area contributed by atoms with E-state index in [2.05, 4.69) is 20.3 Å². The van der Waals surface area contributed by atoms with Crippen LogP contribution in [-0.4, -0.2) is 42.1 Å². The molecule has 0 radical (unpaired) electrons. The van der Waals surface area contributed by atoms with Gasteiger partial charge in [0.05, 0.1) is 37.3 Å². The number of hydrogen-bond acceptors (Lipinski definition) is 8. The lowest BCUT2D eigenvalue weighted by Crippen LogP contribution is -2.32. The number of carbonyl (C=O) groups is 1.